The van der Waals surface area contributed by atoms with E-state index in [0.29, 0.717) is 24.6 Å². The molecule has 0 radical (unpaired) electrons. The molecular formula is C13H23F2N3O2. The van der Waals surface area contributed by atoms with Gasteiger partial charge in [0.2, 0.25) is 5.89 Å². The van der Waals surface area contributed by atoms with Gasteiger partial charge in [0.25, 0.3) is 6.43 Å². The molecule has 7 heteroatoms. The monoisotopic (exact) mass is 291 g/mol. The quantitative estimate of drug-likeness (QED) is 0.743. The first-order valence-electron chi connectivity index (χ1n) is 6.69. The predicted octanol–water partition coefficient (Wildman–Crippen LogP) is 2.20. The molecule has 1 atom stereocenters. The van der Waals surface area contributed by atoms with Crippen molar-refractivity contribution in [2.75, 3.05) is 13.2 Å². The lowest BCUT2D eigenvalue weighted by Gasteiger charge is -2.21. The Morgan fingerprint density at radius 1 is 1.35 bits per heavy atom. The SMILES string of the molecule is CC(C)(C)CC(N)Cc1nc(CCOCC(F)F)no1. The van der Waals surface area contributed by atoms with Crippen LogP contribution in [-0.2, 0) is 17.6 Å². The van der Waals surface area contributed by atoms with Crippen molar-refractivity contribution >= 4 is 0 Å². The van der Waals surface area contributed by atoms with E-state index < -0.39 is 13.0 Å². The molecular weight excluding hydrogens is 268 g/mol. The van der Waals surface area contributed by atoms with Crippen LogP contribution in [0.25, 0.3) is 0 Å². The van der Waals surface area contributed by atoms with Crippen LogP contribution in [0.15, 0.2) is 4.52 Å². The third kappa shape index (κ3) is 7.49. The van der Waals surface area contributed by atoms with Crippen molar-refractivity contribution in [3.8, 4) is 0 Å². The highest BCUT2D eigenvalue weighted by Crippen LogP contribution is 2.21. The number of rotatable bonds is 8. The summed E-state index contributed by atoms with van der Waals surface area (Å²) >= 11 is 0. The summed E-state index contributed by atoms with van der Waals surface area (Å²) in [4.78, 5) is 4.17. The van der Waals surface area contributed by atoms with Gasteiger partial charge in [-0.05, 0) is 11.8 Å². The van der Waals surface area contributed by atoms with Gasteiger partial charge in [0.15, 0.2) is 5.82 Å². The third-order valence-electron chi connectivity index (χ3n) is 2.54. The van der Waals surface area contributed by atoms with Crippen molar-refractivity contribution in [3.63, 3.8) is 0 Å². The summed E-state index contributed by atoms with van der Waals surface area (Å²) in [5.74, 6) is 0.933. The van der Waals surface area contributed by atoms with Gasteiger partial charge < -0.3 is 15.0 Å². The molecule has 0 aliphatic rings. The Morgan fingerprint density at radius 3 is 2.65 bits per heavy atom. The normalized spacial score (nSPS) is 13.9. The minimum absolute atomic E-state index is 0.0432. The first-order chi connectivity index (χ1) is 9.26. The number of hydrogen-bond acceptors (Lipinski definition) is 5. The molecule has 0 spiro atoms. The Kier molecular flexibility index (Phi) is 6.48. The van der Waals surface area contributed by atoms with Gasteiger partial charge in [0.05, 0.1) is 6.61 Å². The molecule has 0 aromatic carbocycles. The summed E-state index contributed by atoms with van der Waals surface area (Å²) in [6.45, 7) is 5.93. The van der Waals surface area contributed by atoms with E-state index in [0.717, 1.165) is 6.42 Å². The molecule has 0 saturated heterocycles. The summed E-state index contributed by atoms with van der Waals surface area (Å²) in [6.07, 6.45) is -0.735. The van der Waals surface area contributed by atoms with Crippen molar-refractivity contribution in [3.05, 3.63) is 11.7 Å². The first kappa shape index (κ1) is 17.0. The van der Waals surface area contributed by atoms with Gasteiger partial charge in [-0.2, -0.15) is 4.98 Å². The van der Waals surface area contributed by atoms with Crippen molar-refractivity contribution in [2.45, 2.75) is 52.5 Å². The van der Waals surface area contributed by atoms with Gasteiger partial charge in [-0.3, -0.25) is 0 Å². The molecule has 20 heavy (non-hydrogen) atoms. The van der Waals surface area contributed by atoms with E-state index in [1.807, 2.05) is 0 Å². The number of alkyl halides is 2. The van der Waals surface area contributed by atoms with Crippen LogP contribution in [0.3, 0.4) is 0 Å². The molecule has 0 amide bonds. The van der Waals surface area contributed by atoms with Gasteiger partial charge in [-0.15, -0.1) is 0 Å². The summed E-state index contributed by atoms with van der Waals surface area (Å²) in [5.41, 5.74) is 6.16. The zero-order valence-electron chi connectivity index (χ0n) is 12.2. The lowest BCUT2D eigenvalue weighted by atomic mass is 9.87. The maximum Gasteiger partial charge on any atom is 0.261 e. The molecule has 116 valence electrons. The maximum absolute atomic E-state index is 11.9. The topological polar surface area (TPSA) is 74.2 Å². The van der Waals surface area contributed by atoms with Gasteiger partial charge in [0.1, 0.15) is 6.61 Å². The van der Waals surface area contributed by atoms with Crippen LogP contribution < -0.4 is 5.73 Å². The lowest BCUT2D eigenvalue weighted by Crippen LogP contribution is -2.28. The van der Waals surface area contributed by atoms with Crippen LogP contribution in [0.4, 0.5) is 8.78 Å². The largest absolute Gasteiger partial charge is 0.375 e. The van der Waals surface area contributed by atoms with Crippen LogP contribution in [0.1, 0.15) is 38.9 Å². The van der Waals surface area contributed by atoms with E-state index in [1.54, 1.807) is 0 Å². The zero-order valence-corrected chi connectivity index (χ0v) is 12.2. The van der Waals surface area contributed by atoms with Crippen LogP contribution >= 0.6 is 0 Å². The number of nitrogens with zero attached hydrogens (tertiary/aromatic N) is 2. The molecule has 0 saturated carbocycles. The van der Waals surface area contributed by atoms with Crippen molar-refractivity contribution < 1.29 is 18.0 Å². The van der Waals surface area contributed by atoms with Gasteiger partial charge in [0, 0.05) is 18.9 Å². The number of nitrogens with two attached hydrogens (primary N) is 1. The molecule has 0 aliphatic carbocycles. The Bertz CT molecular complexity index is 391. The highest BCUT2D eigenvalue weighted by atomic mass is 19.3. The second-order valence-corrected chi connectivity index (χ2v) is 6.05. The Balaban J connectivity index is 2.32. The summed E-state index contributed by atoms with van der Waals surface area (Å²) < 4.78 is 33.6. The second kappa shape index (κ2) is 7.64. The molecule has 1 aromatic rings. The molecule has 0 bridgehead atoms. The zero-order chi connectivity index (χ0) is 15.2. The smallest absolute Gasteiger partial charge is 0.261 e. The third-order valence-corrected chi connectivity index (χ3v) is 2.54. The minimum atomic E-state index is -2.45. The maximum atomic E-state index is 11.9. The van der Waals surface area contributed by atoms with Gasteiger partial charge in [-0.25, -0.2) is 8.78 Å². The Morgan fingerprint density at radius 2 is 2.05 bits per heavy atom. The fourth-order valence-corrected chi connectivity index (χ4v) is 1.89. The minimum Gasteiger partial charge on any atom is -0.375 e. The van der Waals surface area contributed by atoms with Crippen molar-refractivity contribution in [2.24, 2.45) is 11.1 Å². The molecule has 5 nitrogen and oxygen atoms in total. The molecule has 1 unspecified atom stereocenters. The Labute approximate surface area is 117 Å². The highest BCUT2D eigenvalue weighted by molar-refractivity contribution is 4.90. The highest BCUT2D eigenvalue weighted by Gasteiger charge is 2.18. The van der Waals surface area contributed by atoms with E-state index in [9.17, 15) is 8.78 Å². The van der Waals surface area contributed by atoms with Crippen molar-refractivity contribution in [1.82, 2.24) is 10.1 Å². The van der Waals surface area contributed by atoms with E-state index in [4.69, 9.17) is 15.0 Å². The number of halogens is 2. The van der Waals surface area contributed by atoms with Gasteiger partial charge >= 0.3 is 0 Å². The average Bonchev–Trinajstić information content (AvgIpc) is 2.69. The first-order valence-corrected chi connectivity index (χ1v) is 6.69. The summed E-state index contributed by atoms with van der Waals surface area (Å²) in [6, 6.07) is -0.0432. The molecule has 0 aliphatic heterocycles. The van der Waals surface area contributed by atoms with Crippen LogP contribution in [0.2, 0.25) is 0 Å². The standard InChI is InChI=1S/C13H23F2N3O2/c1-13(2,3)7-9(16)6-12-17-11(18-20-12)4-5-19-8-10(14)15/h9-10H,4-8,16H2,1-3H3. The van der Waals surface area contributed by atoms with Crippen LogP contribution in [-0.4, -0.2) is 35.8 Å². The number of aromatic nitrogens is 2. The molecule has 1 heterocycles. The number of hydrogen-bond donors (Lipinski definition) is 1. The van der Waals surface area contributed by atoms with E-state index >= 15 is 0 Å². The number of ether oxygens (including phenoxy) is 1. The molecule has 1 aromatic heterocycles. The van der Waals surface area contributed by atoms with Crippen LogP contribution in [0.5, 0.6) is 0 Å². The second-order valence-electron chi connectivity index (χ2n) is 6.05. The van der Waals surface area contributed by atoms with E-state index in [-0.39, 0.29) is 18.1 Å². The van der Waals surface area contributed by atoms with Crippen LogP contribution in [0, 0.1) is 5.41 Å². The van der Waals surface area contributed by atoms with Crippen molar-refractivity contribution in [1.29, 1.82) is 0 Å². The fraction of sp³-hybridized carbons (Fsp3) is 0.846. The summed E-state index contributed by atoms with van der Waals surface area (Å²) in [5, 5.41) is 3.77. The average molecular weight is 291 g/mol. The molecule has 2 N–H and O–H groups in total. The summed E-state index contributed by atoms with van der Waals surface area (Å²) in [7, 11) is 0. The fourth-order valence-electron chi connectivity index (χ4n) is 1.89. The lowest BCUT2D eigenvalue weighted by molar-refractivity contribution is 0.0182. The predicted molar refractivity (Wildman–Crippen MR) is 70.6 cm³/mol. The van der Waals surface area contributed by atoms with E-state index in [2.05, 4.69) is 30.9 Å². The van der Waals surface area contributed by atoms with E-state index in [1.165, 1.54) is 0 Å². The Hall–Kier alpha value is -1.08. The molecule has 0 fully saturated rings. The van der Waals surface area contributed by atoms with Gasteiger partial charge in [-0.1, -0.05) is 25.9 Å². The molecule has 1 rings (SSSR count).